The van der Waals surface area contributed by atoms with Gasteiger partial charge >= 0.3 is 0 Å². The van der Waals surface area contributed by atoms with Crippen molar-refractivity contribution in [3.05, 3.63) is 35.4 Å². The van der Waals surface area contributed by atoms with E-state index in [4.69, 9.17) is 0 Å². The summed E-state index contributed by atoms with van der Waals surface area (Å²) in [4.78, 5) is 11.6. The maximum atomic E-state index is 11.6. The van der Waals surface area contributed by atoms with Crippen molar-refractivity contribution in [2.45, 2.75) is 43.1 Å². The standard InChI is InChI=1S/C15H21NOS/c1-16-15(17)13-7-5-6-12(10-13)11-18-14-8-3-2-4-9-14/h5-7,10,14H,2-4,8-9,11H2,1H3,(H,16,17). The lowest BCUT2D eigenvalue weighted by Gasteiger charge is -2.20. The van der Waals surface area contributed by atoms with E-state index in [2.05, 4.69) is 11.4 Å². The van der Waals surface area contributed by atoms with Crippen molar-refractivity contribution in [2.75, 3.05) is 7.05 Å². The Morgan fingerprint density at radius 1 is 1.33 bits per heavy atom. The SMILES string of the molecule is CNC(=O)c1cccc(CSC2CCCCC2)c1. The number of amides is 1. The van der Waals surface area contributed by atoms with E-state index >= 15 is 0 Å². The minimum absolute atomic E-state index is 0.000448. The molecule has 0 bridgehead atoms. The lowest BCUT2D eigenvalue weighted by atomic mass is 10.0. The fourth-order valence-electron chi connectivity index (χ4n) is 2.39. The van der Waals surface area contributed by atoms with Gasteiger partial charge in [0, 0.05) is 23.6 Å². The van der Waals surface area contributed by atoms with Crippen LogP contribution in [0.2, 0.25) is 0 Å². The molecule has 1 aromatic carbocycles. The molecule has 1 aliphatic carbocycles. The first-order valence-corrected chi connectivity index (χ1v) is 7.77. The van der Waals surface area contributed by atoms with Gasteiger partial charge in [-0.3, -0.25) is 4.79 Å². The zero-order valence-electron chi connectivity index (χ0n) is 10.9. The van der Waals surface area contributed by atoms with Gasteiger partial charge in [0.2, 0.25) is 0 Å². The van der Waals surface area contributed by atoms with Crippen molar-refractivity contribution in [1.82, 2.24) is 5.32 Å². The van der Waals surface area contributed by atoms with Crippen molar-refractivity contribution in [1.29, 1.82) is 0 Å². The minimum Gasteiger partial charge on any atom is -0.355 e. The van der Waals surface area contributed by atoms with Gasteiger partial charge in [0.1, 0.15) is 0 Å². The normalized spacial score (nSPS) is 16.5. The van der Waals surface area contributed by atoms with Gasteiger partial charge in [-0.2, -0.15) is 11.8 Å². The van der Waals surface area contributed by atoms with Crippen LogP contribution in [0.4, 0.5) is 0 Å². The van der Waals surface area contributed by atoms with Gasteiger partial charge in [-0.15, -0.1) is 0 Å². The third-order valence-corrected chi connectivity index (χ3v) is 4.90. The highest BCUT2D eigenvalue weighted by Gasteiger charge is 2.13. The molecule has 0 aromatic heterocycles. The van der Waals surface area contributed by atoms with E-state index in [9.17, 15) is 4.79 Å². The van der Waals surface area contributed by atoms with E-state index in [1.165, 1.54) is 37.7 Å². The zero-order valence-corrected chi connectivity index (χ0v) is 11.8. The largest absolute Gasteiger partial charge is 0.355 e. The molecule has 98 valence electrons. The van der Waals surface area contributed by atoms with E-state index in [-0.39, 0.29) is 5.91 Å². The molecule has 1 N–H and O–H groups in total. The highest BCUT2D eigenvalue weighted by Crippen LogP contribution is 2.30. The van der Waals surface area contributed by atoms with Gasteiger partial charge < -0.3 is 5.32 Å². The predicted octanol–water partition coefficient (Wildman–Crippen LogP) is 3.61. The summed E-state index contributed by atoms with van der Waals surface area (Å²) in [5, 5.41) is 3.49. The molecule has 0 unspecified atom stereocenters. The molecule has 1 aromatic rings. The highest BCUT2D eigenvalue weighted by atomic mass is 32.2. The number of hydrogen-bond donors (Lipinski definition) is 1. The predicted molar refractivity (Wildman–Crippen MR) is 78.0 cm³/mol. The summed E-state index contributed by atoms with van der Waals surface area (Å²) < 4.78 is 0. The maximum Gasteiger partial charge on any atom is 0.251 e. The molecule has 1 saturated carbocycles. The van der Waals surface area contributed by atoms with Crippen LogP contribution >= 0.6 is 11.8 Å². The molecular formula is C15H21NOS. The van der Waals surface area contributed by atoms with Gasteiger partial charge in [-0.25, -0.2) is 0 Å². The van der Waals surface area contributed by atoms with Crippen molar-refractivity contribution in [2.24, 2.45) is 0 Å². The number of hydrogen-bond acceptors (Lipinski definition) is 2. The third-order valence-electron chi connectivity index (χ3n) is 3.45. The molecule has 0 atom stereocenters. The van der Waals surface area contributed by atoms with Crippen molar-refractivity contribution in [3.63, 3.8) is 0 Å². The summed E-state index contributed by atoms with van der Waals surface area (Å²) in [7, 11) is 1.67. The van der Waals surface area contributed by atoms with Gasteiger partial charge in [0.15, 0.2) is 0 Å². The third kappa shape index (κ3) is 3.77. The van der Waals surface area contributed by atoms with Gasteiger partial charge in [0.05, 0.1) is 0 Å². The van der Waals surface area contributed by atoms with E-state index in [0.717, 1.165) is 16.6 Å². The topological polar surface area (TPSA) is 29.1 Å². The Kier molecular flexibility index (Phi) is 5.12. The van der Waals surface area contributed by atoms with Crippen LogP contribution < -0.4 is 5.32 Å². The Bertz CT molecular complexity index is 399. The fourth-order valence-corrected chi connectivity index (χ4v) is 3.67. The van der Waals surface area contributed by atoms with E-state index in [1.807, 2.05) is 30.0 Å². The minimum atomic E-state index is -0.000448. The van der Waals surface area contributed by atoms with Crippen LogP contribution in [-0.2, 0) is 5.75 Å². The molecule has 0 radical (unpaired) electrons. The highest BCUT2D eigenvalue weighted by molar-refractivity contribution is 7.99. The quantitative estimate of drug-likeness (QED) is 0.899. The number of carbonyl (C=O) groups is 1. The molecule has 18 heavy (non-hydrogen) atoms. The van der Waals surface area contributed by atoms with Crippen LogP contribution in [0.15, 0.2) is 24.3 Å². The average Bonchev–Trinajstić information content (AvgIpc) is 2.45. The van der Waals surface area contributed by atoms with Gasteiger partial charge in [-0.05, 0) is 30.5 Å². The summed E-state index contributed by atoms with van der Waals surface area (Å²) in [6.45, 7) is 0. The van der Waals surface area contributed by atoms with Crippen LogP contribution in [0.5, 0.6) is 0 Å². The van der Waals surface area contributed by atoms with E-state index < -0.39 is 0 Å². The van der Waals surface area contributed by atoms with Crippen LogP contribution in [0.25, 0.3) is 0 Å². The smallest absolute Gasteiger partial charge is 0.251 e. The monoisotopic (exact) mass is 263 g/mol. The lowest BCUT2D eigenvalue weighted by Crippen LogP contribution is -2.17. The first kappa shape index (κ1) is 13.5. The number of thioether (sulfide) groups is 1. The number of benzene rings is 1. The second kappa shape index (κ2) is 6.83. The Morgan fingerprint density at radius 2 is 2.11 bits per heavy atom. The Hall–Kier alpha value is -0.960. The molecule has 0 saturated heterocycles. The zero-order chi connectivity index (χ0) is 12.8. The first-order chi connectivity index (χ1) is 8.79. The van der Waals surface area contributed by atoms with E-state index in [1.54, 1.807) is 7.05 Å². The average molecular weight is 263 g/mol. The van der Waals surface area contributed by atoms with E-state index in [0.29, 0.717) is 0 Å². The van der Waals surface area contributed by atoms with Crippen LogP contribution in [0, 0.1) is 0 Å². The fraction of sp³-hybridized carbons (Fsp3) is 0.533. The van der Waals surface area contributed by atoms with Crippen molar-refractivity contribution < 1.29 is 4.79 Å². The Balaban J connectivity index is 1.90. The molecule has 1 amide bonds. The van der Waals surface area contributed by atoms with Crippen LogP contribution in [0.1, 0.15) is 48.0 Å². The molecule has 2 rings (SSSR count). The first-order valence-electron chi connectivity index (χ1n) is 6.72. The summed E-state index contributed by atoms with van der Waals surface area (Å²) in [6.07, 6.45) is 6.90. The Morgan fingerprint density at radius 3 is 2.83 bits per heavy atom. The van der Waals surface area contributed by atoms with Crippen LogP contribution in [-0.4, -0.2) is 18.2 Å². The molecule has 1 fully saturated rings. The van der Waals surface area contributed by atoms with Gasteiger partial charge in [0.25, 0.3) is 5.91 Å². The molecule has 3 heteroatoms. The number of rotatable bonds is 4. The number of carbonyl (C=O) groups excluding carboxylic acids is 1. The molecule has 0 heterocycles. The van der Waals surface area contributed by atoms with Gasteiger partial charge in [-0.1, -0.05) is 31.4 Å². The summed E-state index contributed by atoms with van der Waals surface area (Å²) in [5.74, 6) is 1.02. The second-order valence-electron chi connectivity index (χ2n) is 4.85. The van der Waals surface area contributed by atoms with Crippen molar-refractivity contribution in [3.8, 4) is 0 Å². The van der Waals surface area contributed by atoms with Crippen molar-refractivity contribution >= 4 is 17.7 Å². The summed E-state index contributed by atoms with van der Waals surface area (Å²) in [5.41, 5.74) is 2.02. The Labute approximate surface area is 114 Å². The van der Waals surface area contributed by atoms with Crippen LogP contribution in [0.3, 0.4) is 0 Å². The molecule has 0 spiro atoms. The molecule has 1 aliphatic rings. The second-order valence-corrected chi connectivity index (χ2v) is 6.14. The summed E-state index contributed by atoms with van der Waals surface area (Å²) >= 11 is 2.05. The summed E-state index contributed by atoms with van der Waals surface area (Å²) in [6, 6.07) is 7.96. The number of nitrogens with one attached hydrogen (secondary N) is 1. The maximum absolute atomic E-state index is 11.6. The molecule has 2 nitrogen and oxygen atoms in total. The lowest BCUT2D eigenvalue weighted by molar-refractivity contribution is 0.0963. The molecular weight excluding hydrogens is 242 g/mol. The molecule has 0 aliphatic heterocycles.